The van der Waals surface area contributed by atoms with Crippen LogP contribution in [0.15, 0.2) is 18.5 Å². The molecular formula is C13H19N3O5S2. The molecule has 10 heteroatoms. The highest BCUT2D eigenvalue weighted by Gasteiger charge is 2.63. The summed E-state index contributed by atoms with van der Waals surface area (Å²) in [6.45, 7) is 1.77. The van der Waals surface area contributed by atoms with E-state index in [1.165, 1.54) is 4.31 Å². The van der Waals surface area contributed by atoms with Crippen molar-refractivity contribution < 1.29 is 21.6 Å². The smallest absolute Gasteiger partial charge is 0.316 e. The summed E-state index contributed by atoms with van der Waals surface area (Å²) in [7, 11) is -6.69. The number of rotatable bonds is 5. The lowest BCUT2D eigenvalue weighted by atomic mass is 9.85. The molecule has 128 valence electrons. The molecular weight excluding hydrogens is 342 g/mol. The molecule has 0 aromatic carbocycles. The van der Waals surface area contributed by atoms with E-state index in [2.05, 4.69) is 9.97 Å². The van der Waals surface area contributed by atoms with Crippen molar-refractivity contribution in [2.75, 3.05) is 31.2 Å². The van der Waals surface area contributed by atoms with Gasteiger partial charge in [-0.15, -0.1) is 0 Å². The molecule has 2 fully saturated rings. The van der Waals surface area contributed by atoms with Crippen LogP contribution < -0.4 is 4.74 Å². The Labute approximate surface area is 135 Å². The molecule has 2 aliphatic rings. The molecule has 2 aliphatic heterocycles. The van der Waals surface area contributed by atoms with E-state index in [0.717, 1.165) is 0 Å². The van der Waals surface area contributed by atoms with Crippen LogP contribution in [0.3, 0.4) is 0 Å². The Morgan fingerprint density at radius 3 is 2.61 bits per heavy atom. The first-order valence-electron chi connectivity index (χ1n) is 7.41. The van der Waals surface area contributed by atoms with Crippen LogP contribution in [0.1, 0.15) is 13.3 Å². The molecule has 1 aromatic heterocycles. The summed E-state index contributed by atoms with van der Waals surface area (Å²) < 4.78 is 54.4. The number of hydrogen-bond acceptors (Lipinski definition) is 7. The van der Waals surface area contributed by atoms with Crippen LogP contribution in [0, 0.1) is 5.92 Å². The van der Waals surface area contributed by atoms with Crippen molar-refractivity contribution >= 4 is 19.9 Å². The SMILES string of the molecule is CCS(=O)(=O)N1CC2(C1)[C@H](COc1ncccn1)CCS2(=O)=O. The van der Waals surface area contributed by atoms with Gasteiger partial charge in [0, 0.05) is 31.4 Å². The Bertz CT molecular complexity index is 773. The second-order valence-electron chi connectivity index (χ2n) is 5.88. The molecule has 23 heavy (non-hydrogen) atoms. The predicted molar refractivity (Wildman–Crippen MR) is 83.2 cm³/mol. The van der Waals surface area contributed by atoms with Crippen LogP contribution in [0.2, 0.25) is 0 Å². The van der Waals surface area contributed by atoms with E-state index < -0.39 is 24.6 Å². The van der Waals surface area contributed by atoms with Gasteiger partial charge in [-0.05, 0) is 19.4 Å². The van der Waals surface area contributed by atoms with Gasteiger partial charge >= 0.3 is 6.01 Å². The summed E-state index contributed by atoms with van der Waals surface area (Å²) in [6, 6.07) is 1.86. The third-order valence-corrected chi connectivity index (χ3v) is 9.08. The average Bonchev–Trinajstić information content (AvgIpc) is 2.75. The molecule has 2 saturated heterocycles. The van der Waals surface area contributed by atoms with Gasteiger partial charge in [0.05, 0.1) is 18.1 Å². The Balaban J connectivity index is 1.74. The van der Waals surface area contributed by atoms with Crippen LogP contribution in [0.5, 0.6) is 6.01 Å². The first-order valence-corrected chi connectivity index (χ1v) is 10.7. The monoisotopic (exact) mass is 361 g/mol. The molecule has 1 spiro atoms. The van der Waals surface area contributed by atoms with Gasteiger partial charge in [0.2, 0.25) is 10.0 Å². The molecule has 0 N–H and O–H groups in total. The third-order valence-electron chi connectivity index (χ3n) is 4.70. The van der Waals surface area contributed by atoms with Crippen LogP contribution in [0.25, 0.3) is 0 Å². The molecule has 1 aromatic rings. The quantitative estimate of drug-likeness (QED) is 0.708. The van der Waals surface area contributed by atoms with Crippen LogP contribution in [-0.2, 0) is 19.9 Å². The lowest BCUT2D eigenvalue weighted by Gasteiger charge is -2.48. The van der Waals surface area contributed by atoms with E-state index in [1.54, 1.807) is 25.4 Å². The van der Waals surface area contributed by atoms with Gasteiger partial charge in [0.1, 0.15) is 4.75 Å². The highest BCUT2D eigenvalue weighted by molar-refractivity contribution is 7.93. The Morgan fingerprint density at radius 1 is 1.35 bits per heavy atom. The fraction of sp³-hybridized carbons (Fsp3) is 0.692. The maximum Gasteiger partial charge on any atom is 0.316 e. The number of sulfone groups is 1. The lowest BCUT2D eigenvalue weighted by molar-refractivity contribution is 0.121. The topological polar surface area (TPSA) is 107 Å². The Hall–Kier alpha value is -1.26. The van der Waals surface area contributed by atoms with Crippen molar-refractivity contribution in [3.05, 3.63) is 18.5 Å². The minimum absolute atomic E-state index is 0.0230. The van der Waals surface area contributed by atoms with Crippen LogP contribution in [-0.4, -0.2) is 67.1 Å². The number of ether oxygens (including phenoxy) is 1. The maximum absolute atomic E-state index is 12.4. The second-order valence-corrected chi connectivity index (χ2v) is 10.6. The summed E-state index contributed by atoms with van der Waals surface area (Å²) in [5, 5.41) is 0. The fourth-order valence-corrected chi connectivity index (χ4v) is 6.96. The largest absolute Gasteiger partial charge is 0.463 e. The van der Waals surface area contributed by atoms with Crippen molar-refractivity contribution in [1.29, 1.82) is 0 Å². The van der Waals surface area contributed by atoms with E-state index in [9.17, 15) is 16.8 Å². The van der Waals surface area contributed by atoms with E-state index in [-0.39, 0.29) is 43.1 Å². The van der Waals surface area contributed by atoms with Crippen LogP contribution >= 0.6 is 0 Å². The summed E-state index contributed by atoms with van der Waals surface area (Å²) in [5.74, 6) is -0.210. The summed E-state index contributed by atoms with van der Waals surface area (Å²) in [4.78, 5) is 7.89. The van der Waals surface area contributed by atoms with Crippen molar-refractivity contribution in [2.24, 2.45) is 5.92 Å². The van der Waals surface area contributed by atoms with Crippen molar-refractivity contribution in [3.63, 3.8) is 0 Å². The van der Waals surface area contributed by atoms with E-state index >= 15 is 0 Å². The minimum Gasteiger partial charge on any atom is -0.463 e. The zero-order valence-corrected chi connectivity index (χ0v) is 14.4. The summed E-state index contributed by atoms with van der Waals surface area (Å²) in [5.41, 5.74) is 0. The van der Waals surface area contributed by atoms with E-state index in [1.807, 2.05) is 0 Å². The number of nitrogens with zero attached hydrogens (tertiary/aromatic N) is 3. The third kappa shape index (κ3) is 2.72. The van der Waals surface area contributed by atoms with Gasteiger partial charge < -0.3 is 4.74 Å². The van der Waals surface area contributed by atoms with Gasteiger partial charge in [-0.3, -0.25) is 0 Å². The molecule has 0 aliphatic carbocycles. The van der Waals surface area contributed by atoms with Gasteiger partial charge in [-0.25, -0.2) is 26.8 Å². The molecule has 3 heterocycles. The highest BCUT2D eigenvalue weighted by Crippen LogP contribution is 2.45. The van der Waals surface area contributed by atoms with E-state index in [0.29, 0.717) is 6.42 Å². The fourth-order valence-electron chi connectivity index (χ4n) is 3.17. The zero-order valence-electron chi connectivity index (χ0n) is 12.8. The summed E-state index contributed by atoms with van der Waals surface area (Å²) >= 11 is 0. The molecule has 0 radical (unpaired) electrons. The lowest BCUT2D eigenvalue weighted by Crippen LogP contribution is -2.69. The molecule has 0 amide bonds. The highest BCUT2D eigenvalue weighted by atomic mass is 32.2. The molecule has 8 nitrogen and oxygen atoms in total. The number of hydrogen-bond donors (Lipinski definition) is 0. The molecule has 3 rings (SSSR count). The number of sulfonamides is 1. The standard InChI is InChI=1S/C13H19N3O5S2/c1-2-23(19,20)16-9-13(10-16)11(4-7-22(13,17)18)8-21-12-14-5-3-6-15-12/h3,5-6,11H,2,4,7-10H2,1H3/t11-/m0/s1. The molecule has 1 atom stereocenters. The maximum atomic E-state index is 12.4. The van der Waals surface area contributed by atoms with Crippen molar-refractivity contribution in [3.8, 4) is 6.01 Å². The van der Waals surface area contributed by atoms with Crippen LogP contribution in [0.4, 0.5) is 0 Å². The molecule has 0 bridgehead atoms. The van der Waals surface area contributed by atoms with E-state index in [4.69, 9.17) is 4.74 Å². The summed E-state index contributed by atoms with van der Waals surface area (Å²) in [6.07, 6.45) is 3.56. The van der Waals surface area contributed by atoms with Gasteiger partial charge in [0.25, 0.3) is 0 Å². The molecule has 0 unspecified atom stereocenters. The van der Waals surface area contributed by atoms with Crippen molar-refractivity contribution in [1.82, 2.24) is 14.3 Å². The normalized spacial score (nSPS) is 26.0. The average molecular weight is 361 g/mol. The number of aromatic nitrogens is 2. The van der Waals surface area contributed by atoms with Gasteiger partial charge in [-0.1, -0.05) is 0 Å². The second kappa shape index (κ2) is 5.67. The van der Waals surface area contributed by atoms with Gasteiger partial charge in [0.15, 0.2) is 9.84 Å². The van der Waals surface area contributed by atoms with Gasteiger partial charge in [-0.2, -0.15) is 4.31 Å². The first kappa shape index (κ1) is 16.6. The molecule has 0 saturated carbocycles. The Kier molecular flexibility index (Phi) is 4.09. The minimum atomic E-state index is -3.36. The first-order chi connectivity index (χ1) is 10.8. The zero-order chi connectivity index (χ0) is 16.7. The Morgan fingerprint density at radius 2 is 2.00 bits per heavy atom. The van der Waals surface area contributed by atoms with Crippen molar-refractivity contribution in [2.45, 2.75) is 18.1 Å². The predicted octanol–water partition coefficient (Wildman–Crippen LogP) is -0.306.